The van der Waals surface area contributed by atoms with Crippen molar-refractivity contribution in [1.29, 1.82) is 0 Å². The van der Waals surface area contributed by atoms with E-state index in [0.29, 0.717) is 37.7 Å². The van der Waals surface area contributed by atoms with Gasteiger partial charge in [-0.1, -0.05) is 0 Å². The Labute approximate surface area is 131 Å². The first-order valence-electron chi connectivity index (χ1n) is 6.64. The van der Waals surface area contributed by atoms with Gasteiger partial charge >= 0.3 is 0 Å². The minimum absolute atomic E-state index is 0. The van der Waals surface area contributed by atoms with Gasteiger partial charge in [0, 0.05) is 25.1 Å². The van der Waals surface area contributed by atoms with E-state index in [-0.39, 0.29) is 23.3 Å². The SMILES string of the molecule is CC(N)CCNS(=O)(=O)c1ccc2c(c1)OCCCO2.Cl. The predicted molar refractivity (Wildman–Crippen MR) is 82.8 cm³/mol. The third-order valence-electron chi connectivity index (χ3n) is 2.92. The Morgan fingerprint density at radius 2 is 1.95 bits per heavy atom. The lowest BCUT2D eigenvalue weighted by molar-refractivity contribution is 0.297. The Bertz CT molecular complexity index is 563. The zero-order valence-electron chi connectivity index (χ0n) is 11.9. The maximum Gasteiger partial charge on any atom is 0.240 e. The topological polar surface area (TPSA) is 90.7 Å². The van der Waals surface area contributed by atoms with Gasteiger partial charge in [0.2, 0.25) is 10.0 Å². The monoisotopic (exact) mass is 336 g/mol. The Morgan fingerprint density at radius 1 is 1.29 bits per heavy atom. The zero-order valence-corrected chi connectivity index (χ0v) is 13.5. The molecule has 1 aromatic carbocycles. The molecule has 1 unspecified atom stereocenters. The largest absolute Gasteiger partial charge is 0.490 e. The lowest BCUT2D eigenvalue weighted by atomic mass is 10.3. The molecule has 120 valence electrons. The fraction of sp³-hybridized carbons (Fsp3) is 0.538. The van der Waals surface area contributed by atoms with E-state index in [1.807, 2.05) is 6.92 Å². The number of halogens is 1. The van der Waals surface area contributed by atoms with E-state index >= 15 is 0 Å². The number of benzene rings is 1. The van der Waals surface area contributed by atoms with E-state index in [4.69, 9.17) is 15.2 Å². The molecule has 8 heteroatoms. The first kappa shape index (κ1) is 18.0. The molecule has 1 aliphatic heterocycles. The summed E-state index contributed by atoms with van der Waals surface area (Å²) in [5.41, 5.74) is 5.60. The number of sulfonamides is 1. The van der Waals surface area contributed by atoms with Crippen LogP contribution < -0.4 is 19.9 Å². The highest BCUT2D eigenvalue weighted by Gasteiger charge is 2.18. The number of rotatable bonds is 5. The normalized spacial score (nSPS) is 15.7. The highest BCUT2D eigenvalue weighted by molar-refractivity contribution is 7.89. The van der Waals surface area contributed by atoms with Crippen molar-refractivity contribution in [2.24, 2.45) is 5.73 Å². The summed E-state index contributed by atoms with van der Waals surface area (Å²) in [6.07, 6.45) is 1.37. The molecule has 0 saturated carbocycles. The molecule has 0 aliphatic carbocycles. The van der Waals surface area contributed by atoms with Crippen molar-refractivity contribution in [3.05, 3.63) is 18.2 Å². The van der Waals surface area contributed by atoms with E-state index in [1.165, 1.54) is 12.1 Å². The molecule has 0 spiro atoms. The molecule has 0 fully saturated rings. The van der Waals surface area contributed by atoms with Gasteiger partial charge in [-0.15, -0.1) is 12.4 Å². The second-order valence-corrected chi connectivity index (χ2v) is 6.59. The first-order valence-corrected chi connectivity index (χ1v) is 8.12. The Kier molecular flexibility index (Phi) is 6.73. The van der Waals surface area contributed by atoms with Crippen molar-refractivity contribution in [3.63, 3.8) is 0 Å². The van der Waals surface area contributed by atoms with E-state index in [2.05, 4.69) is 4.72 Å². The number of hydrogen-bond acceptors (Lipinski definition) is 5. The standard InChI is InChI=1S/C13H20N2O4S.ClH/c1-10(14)5-6-15-20(16,17)11-3-4-12-13(9-11)19-8-2-7-18-12;/h3-4,9-10,15H,2,5-8,14H2,1H3;1H. The van der Waals surface area contributed by atoms with Gasteiger partial charge in [0.05, 0.1) is 18.1 Å². The van der Waals surface area contributed by atoms with Crippen molar-refractivity contribution >= 4 is 22.4 Å². The Balaban J connectivity index is 0.00000220. The second-order valence-electron chi connectivity index (χ2n) is 4.82. The summed E-state index contributed by atoms with van der Waals surface area (Å²) in [6.45, 7) is 3.25. The highest BCUT2D eigenvalue weighted by atomic mass is 35.5. The molecule has 3 N–H and O–H groups in total. The maximum atomic E-state index is 12.1. The van der Waals surface area contributed by atoms with Gasteiger partial charge in [-0.2, -0.15) is 0 Å². The number of fused-ring (bicyclic) bond motifs is 1. The molecule has 6 nitrogen and oxygen atoms in total. The fourth-order valence-electron chi connectivity index (χ4n) is 1.82. The third kappa shape index (κ3) is 5.03. The van der Waals surface area contributed by atoms with Crippen molar-refractivity contribution in [2.45, 2.75) is 30.7 Å². The van der Waals surface area contributed by atoms with Crippen LogP contribution in [0.3, 0.4) is 0 Å². The number of hydrogen-bond donors (Lipinski definition) is 2. The quantitative estimate of drug-likeness (QED) is 0.845. The van der Waals surface area contributed by atoms with Crippen LogP contribution in [0.2, 0.25) is 0 Å². The molecular weight excluding hydrogens is 316 g/mol. The molecular formula is C13H21ClN2O4S. The van der Waals surface area contributed by atoms with Crippen LogP contribution in [0.4, 0.5) is 0 Å². The van der Waals surface area contributed by atoms with Gasteiger partial charge in [0.15, 0.2) is 11.5 Å². The van der Waals surface area contributed by atoms with Crippen molar-refractivity contribution < 1.29 is 17.9 Å². The van der Waals surface area contributed by atoms with Crippen molar-refractivity contribution in [1.82, 2.24) is 4.72 Å². The molecule has 2 rings (SSSR count). The van der Waals surface area contributed by atoms with Crippen LogP contribution in [0.1, 0.15) is 19.8 Å². The van der Waals surface area contributed by atoms with Crippen molar-refractivity contribution in [3.8, 4) is 11.5 Å². The van der Waals surface area contributed by atoms with Gasteiger partial charge in [-0.25, -0.2) is 13.1 Å². The molecule has 0 bridgehead atoms. The smallest absolute Gasteiger partial charge is 0.240 e. The van der Waals surface area contributed by atoms with Crippen LogP contribution in [-0.4, -0.2) is 34.2 Å². The average Bonchev–Trinajstić information content (AvgIpc) is 2.62. The number of ether oxygens (including phenoxy) is 2. The summed E-state index contributed by atoms with van der Waals surface area (Å²) in [5.74, 6) is 1.05. The fourth-order valence-corrected chi connectivity index (χ4v) is 2.88. The summed E-state index contributed by atoms with van der Waals surface area (Å²) in [7, 11) is -3.54. The van der Waals surface area contributed by atoms with E-state index in [9.17, 15) is 8.42 Å². The summed E-state index contributed by atoms with van der Waals surface area (Å²) in [6, 6.07) is 4.60. The number of nitrogens with two attached hydrogens (primary N) is 1. The molecule has 1 heterocycles. The molecule has 0 radical (unpaired) electrons. The van der Waals surface area contributed by atoms with Gasteiger partial charge in [0.1, 0.15) is 0 Å². The second kappa shape index (κ2) is 7.84. The summed E-state index contributed by atoms with van der Waals surface area (Å²) in [5, 5.41) is 0. The lowest BCUT2D eigenvalue weighted by Crippen LogP contribution is -2.29. The van der Waals surface area contributed by atoms with Crippen LogP contribution in [0, 0.1) is 0 Å². The molecule has 0 saturated heterocycles. The highest BCUT2D eigenvalue weighted by Crippen LogP contribution is 2.31. The molecule has 1 aliphatic rings. The number of nitrogens with one attached hydrogen (secondary N) is 1. The van der Waals surface area contributed by atoms with Gasteiger partial charge in [0.25, 0.3) is 0 Å². The van der Waals surface area contributed by atoms with Crippen molar-refractivity contribution in [2.75, 3.05) is 19.8 Å². The summed E-state index contributed by atoms with van der Waals surface area (Å²) in [4.78, 5) is 0.173. The predicted octanol–water partition coefficient (Wildman–Crippen LogP) is 1.29. The van der Waals surface area contributed by atoms with Crippen LogP contribution in [0.15, 0.2) is 23.1 Å². The molecule has 1 atom stereocenters. The minimum Gasteiger partial charge on any atom is -0.490 e. The summed E-state index contributed by atoms with van der Waals surface area (Å²) < 4.78 is 37.8. The van der Waals surface area contributed by atoms with E-state index in [0.717, 1.165) is 6.42 Å². The van der Waals surface area contributed by atoms with Gasteiger partial charge in [-0.05, 0) is 25.5 Å². The summed E-state index contributed by atoms with van der Waals surface area (Å²) >= 11 is 0. The van der Waals surface area contributed by atoms with Gasteiger partial charge in [-0.3, -0.25) is 0 Å². The molecule has 21 heavy (non-hydrogen) atoms. The molecule has 0 aromatic heterocycles. The Hall–Kier alpha value is -1.02. The Morgan fingerprint density at radius 3 is 2.62 bits per heavy atom. The van der Waals surface area contributed by atoms with Gasteiger partial charge < -0.3 is 15.2 Å². The maximum absolute atomic E-state index is 12.1. The van der Waals surface area contributed by atoms with Crippen LogP contribution in [0.5, 0.6) is 11.5 Å². The lowest BCUT2D eigenvalue weighted by Gasteiger charge is -2.11. The molecule has 0 amide bonds. The van der Waals surface area contributed by atoms with E-state index in [1.54, 1.807) is 6.07 Å². The van der Waals surface area contributed by atoms with Crippen LogP contribution in [0.25, 0.3) is 0 Å². The average molecular weight is 337 g/mol. The third-order valence-corrected chi connectivity index (χ3v) is 4.38. The minimum atomic E-state index is -3.54. The first-order chi connectivity index (χ1) is 9.49. The van der Waals surface area contributed by atoms with Crippen LogP contribution >= 0.6 is 12.4 Å². The molecule has 1 aromatic rings. The zero-order chi connectivity index (χ0) is 14.6. The van der Waals surface area contributed by atoms with Crippen LogP contribution in [-0.2, 0) is 10.0 Å². The van der Waals surface area contributed by atoms with E-state index < -0.39 is 10.0 Å².